The summed E-state index contributed by atoms with van der Waals surface area (Å²) in [4.78, 5) is 2.66. The second kappa shape index (κ2) is 8.27. The minimum Gasteiger partial charge on any atom is -0.385 e. The SMILES string of the molecule is CCNS(=O)(=O)c1ccccc1C1(O)CCN(CC23CC(c4ccccc42)c2ccccc23)CC1. The number of fused-ring (bicyclic) bond motifs is 8. The van der Waals surface area contributed by atoms with Crippen molar-refractivity contribution in [2.24, 2.45) is 0 Å². The van der Waals surface area contributed by atoms with Crippen LogP contribution in [0.2, 0.25) is 0 Å². The Morgan fingerprint density at radius 2 is 1.43 bits per heavy atom. The summed E-state index contributed by atoms with van der Waals surface area (Å²) in [6.45, 7) is 4.45. The van der Waals surface area contributed by atoms with Crippen LogP contribution in [-0.4, -0.2) is 44.6 Å². The molecule has 6 rings (SSSR count). The molecule has 0 saturated carbocycles. The molecular formula is C29H32N2O3S. The van der Waals surface area contributed by atoms with Crippen molar-refractivity contribution in [1.29, 1.82) is 0 Å². The number of nitrogens with zero attached hydrogens (tertiary/aromatic N) is 1. The highest BCUT2D eigenvalue weighted by atomic mass is 32.2. The Morgan fingerprint density at radius 1 is 0.886 bits per heavy atom. The van der Waals surface area contributed by atoms with Crippen LogP contribution < -0.4 is 4.72 Å². The molecule has 2 aliphatic carbocycles. The molecule has 0 radical (unpaired) electrons. The molecule has 5 nitrogen and oxygen atoms in total. The standard InChI is InChI=1S/C29H32N2O3S/c1-2-30-35(33,34)27-14-8-7-13-26(27)29(32)15-17-31(18-16-29)20-28-19-23(21-9-3-5-11-24(21)28)22-10-4-6-12-25(22)28/h3-14,23,30,32H,2,15-20H2,1H3. The third kappa shape index (κ3) is 3.50. The van der Waals surface area contributed by atoms with E-state index in [4.69, 9.17) is 0 Å². The van der Waals surface area contributed by atoms with Gasteiger partial charge >= 0.3 is 0 Å². The van der Waals surface area contributed by atoms with Crippen molar-refractivity contribution in [2.75, 3.05) is 26.2 Å². The predicted molar refractivity (Wildman–Crippen MR) is 137 cm³/mol. The summed E-state index contributed by atoms with van der Waals surface area (Å²) in [5.41, 5.74) is 5.16. The lowest BCUT2D eigenvalue weighted by Gasteiger charge is -2.43. The van der Waals surface area contributed by atoms with E-state index >= 15 is 0 Å². The molecule has 3 aliphatic rings. The molecule has 0 unspecified atom stereocenters. The summed E-state index contributed by atoms with van der Waals surface area (Å²) in [5.74, 6) is 0.465. The van der Waals surface area contributed by atoms with Gasteiger partial charge in [0, 0.05) is 43.1 Å². The molecule has 3 aromatic carbocycles. The van der Waals surface area contributed by atoms with Gasteiger partial charge in [0.05, 0.1) is 10.5 Å². The Balaban J connectivity index is 1.27. The van der Waals surface area contributed by atoms with E-state index in [2.05, 4.69) is 58.2 Å². The molecule has 1 aliphatic heterocycles. The average Bonchev–Trinajstić information content (AvgIpc) is 3.38. The van der Waals surface area contributed by atoms with Gasteiger partial charge in [0.2, 0.25) is 10.0 Å². The van der Waals surface area contributed by atoms with Crippen LogP contribution in [0.5, 0.6) is 0 Å². The van der Waals surface area contributed by atoms with Crippen molar-refractivity contribution in [1.82, 2.24) is 9.62 Å². The maximum absolute atomic E-state index is 12.8. The molecule has 1 heterocycles. The molecule has 0 atom stereocenters. The smallest absolute Gasteiger partial charge is 0.240 e. The van der Waals surface area contributed by atoms with Crippen LogP contribution in [-0.2, 0) is 21.0 Å². The third-order valence-corrected chi connectivity index (χ3v) is 10.0. The molecule has 0 spiro atoms. The molecule has 35 heavy (non-hydrogen) atoms. The summed E-state index contributed by atoms with van der Waals surface area (Å²) in [6.07, 6.45) is 2.12. The number of hydrogen-bond acceptors (Lipinski definition) is 4. The number of nitrogens with one attached hydrogen (secondary N) is 1. The largest absolute Gasteiger partial charge is 0.385 e. The molecule has 2 N–H and O–H groups in total. The molecule has 1 saturated heterocycles. The number of hydrogen-bond donors (Lipinski definition) is 2. The van der Waals surface area contributed by atoms with Crippen LogP contribution in [0.15, 0.2) is 77.7 Å². The Hall–Kier alpha value is -2.51. The van der Waals surface area contributed by atoms with Gasteiger partial charge < -0.3 is 10.0 Å². The number of benzene rings is 3. The van der Waals surface area contributed by atoms with Crippen LogP contribution in [0.3, 0.4) is 0 Å². The van der Waals surface area contributed by atoms with Crippen LogP contribution in [0, 0.1) is 0 Å². The predicted octanol–water partition coefficient (Wildman–Crippen LogP) is 4.10. The third-order valence-electron chi connectivity index (χ3n) is 8.45. The maximum Gasteiger partial charge on any atom is 0.240 e. The molecule has 0 amide bonds. The van der Waals surface area contributed by atoms with Crippen molar-refractivity contribution in [2.45, 2.75) is 48.0 Å². The molecule has 2 bridgehead atoms. The van der Waals surface area contributed by atoms with E-state index in [1.165, 1.54) is 22.3 Å². The number of sulfonamides is 1. The maximum atomic E-state index is 12.8. The summed E-state index contributed by atoms with van der Waals surface area (Å²) < 4.78 is 28.2. The summed E-state index contributed by atoms with van der Waals surface area (Å²) in [6, 6.07) is 24.7. The van der Waals surface area contributed by atoms with Gasteiger partial charge in [-0.15, -0.1) is 0 Å². The first-order valence-electron chi connectivity index (χ1n) is 12.6. The lowest BCUT2D eigenvalue weighted by Crippen LogP contribution is -2.48. The van der Waals surface area contributed by atoms with Crippen LogP contribution in [0.25, 0.3) is 0 Å². The van der Waals surface area contributed by atoms with E-state index in [1.54, 1.807) is 25.1 Å². The molecule has 1 fully saturated rings. The topological polar surface area (TPSA) is 69.6 Å². The first-order valence-corrected chi connectivity index (χ1v) is 14.1. The zero-order valence-corrected chi connectivity index (χ0v) is 20.9. The van der Waals surface area contributed by atoms with Gasteiger partial charge in [-0.3, -0.25) is 0 Å². The second-order valence-corrected chi connectivity index (χ2v) is 12.1. The number of piperidine rings is 1. The highest BCUT2D eigenvalue weighted by Gasteiger charge is 2.53. The first kappa shape index (κ1) is 22.9. The second-order valence-electron chi connectivity index (χ2n) is 10.3. The lowest BCUT2D eigenvalue weighted by molar-refractivity contribution is -0.0310. The van der Waals surface area contributed by atoms with E-state index < -0.39 is 15.6 Å². The molecular weight excluding hydrogens is 456 g/mol. The molecule has 3 aromatic rings. The molecule has 182 valence electrons. The van der Waals surface area contributed by atoms with Crippen molar-refractivity contribution in [3.8, 4) is 0 Å². The van der Waals surface area contributed by atoms with Crippen molar-refractivity contribution < 1.29 is 13.5 Å². The minimum absolute atomic E-state index is 0.0143. The van der Waals surface area contributed by atoms with Crippen molar-refractivity contribution >= 4 is 10.0 Å². The summed E-state index contributed by atoms with van der Waals surface area (Å²) >= 11 is 0. The zero-order chi connectivity index (χ0) is 24.3. The minimum atomic E-state index is -3.66. The quantitative estimate of drug-likeness (QED) is 0.548. The van der Waals surface area contributed by atoms with Gasteiger partial charge in [0.25, 0.3) is 0 Å². The zero-order valence-electron chi connectivity index (χ0n) is 20.1. The van der Waals surface area contributed by atoms with Gasteiger partial charge in [0.1, 0.15) is 0 Å². The Morgan fingerprint density at radius 3 is 2.03 bits per heavy atom. The van der Waals surface area contributed by atoms with E-state index in [0.29, 0.717) is 30.9 Å². The normalized spacial score (nSPS) is 24.8. The first-order chi connectivity index (χ1) is 16.9. The van der Waals surface area contributed by atoms with Gasteiger partial charge in [-0.25, -0.2) is 13.1 Å². The fourth-order valence-corrected chi connectivity index (χ4v) is 8.24. The highest BCUT2D eigenvalue weighted by molar-refractivity contribution is 7.89. The number of likely N-dealkylation sites (tertiary alicyclic amines) is 1. The van der Waals surface area contributed by atoms with E-state index in [9.17, 15) is 13.5 Å². The monoisotopic (exact) mass is 488 g/mol. The van der Waals surface area contributed by atoms with Crippen LogP contribution in [0.1, 0.15) is 59.9 Å². The van der Waals surface area contributed by atoms with E-state index in [1.807, 2.05) is 6.07 Å². The number of rotatable bonds is 6. The Bertz CT molecular complexity index is 1330. The van der Waals surface area contributed by atoms with Crippen LogP contribution in [0.4, 0.5) is 0 Å². The van der Waals surface area contributed by atoms with E-state index in [0.717, 1.165) is 26.1 Å². The van der Waals surface area contributed by atoms with E-state index in [-0.39, 0.29) is 10.3 Å². The highest BCUT2D eigenvalue weighted by Crippen LogP contribution is 2.60. The lowest BCUT2D eigenvalue weighted by atomic mass is 9.74. The Kier molecular flexibility index (Phi) is 5.42. The van der Waals surface area contributed by atoms with Crippen molar-refractivity contribution in [3.05, 3.63) is 101 Å². The Labute approximate surface area is 207 Å². The van der Waals surface area contributed by atoms with Gasteiger partial charge in [0.15, 0.2) is 0 Å². The van der Waals surface area contributed by atoms with Gasteiger partial charge in [-0.05, 0) is 47.6 Å². The fraction of sp³-hybridized carbons (Fsp3) is 0.379. The van der Waals surface area contributed by atoms with Gasteiger partial charge in [-0.2, -0.15) is 0 Å². The number of aliphatic hydroxyl groups is 1. The summed E-state index contributed by atoms with van der Waals surface area (Å²) in [5, 5.41) is 11.7. The summed E-state index contributed by atoms with van der Waals surface area (Å²) in [7, 11) is -3.66. The van der Waals surface area contributed by atoms with Crippen molar-refractivity contribution in [3.63, 3.8) is 0 Å². The molecule has 0 aromatic heterocycles. The van der Waals surface area contributed by atoms with Crippen LogP contribution >= 0.6 is 0 Å². The average molecular weight is 489 g/mol. The fourth-order valence-electron chi connectivity index (χ4n) is 6.89. The molecule has 6 heteroatoms. The van der Waals surface area contributed by atoms with Gasteiger partial charge in [-0.1, -0.05) is 73.7 Å².